The van der Waals surface area contributed by atoms with Crippen LogP contribution in [0.15, 0.2) is 0 Å². The Morgan fingerprint density at radius 3 is 2.48 bits per heavy atom. The van der Waals surface area contributed by atoms with E-state index in [2.05, 4.69) is 20.8 Å². The summed E-state index contributed by atoms with van der Waals surface area (Å²) in [5.74, 6) is 0.788. The molecule has 0 spiro atoms. The second kappa shape index (κ2) is 9.45. The number of unbranched alkanes of at least 4 members (excludes halogenated alkanes) is 1. The number of carbonyl (C=O) groups is 1. The topological polar surface area (TPSA) is 46.5 Å². The van der Waals surface area contributed by atoms with Gasteiger partial charge in [0.05, 0.1) is 5.41 Å². The highest BCUT2D eigenvalue weighted by molar-refractivity contribution is 5.74. The number of carboxylic acid groups (broad SMARTS) is 1. The van der Waals surface area contributed by atoms with Crippen LogP contribution >= 0.6 is 0 Å². The summed E-state index contributed by atoms with van der Waals surface area (Å²) in [4.78, 5) is 11.7. The van der Waals surface area contributed by atoms with Crippen LogP contribution in [0, 0.1) is 17.3 Å². The largest absolute Gasteiger partial charge is 0.481 e. The Kier molecular flexibility index (Phi) is 8.31. The normalized spacial score (nSPS) is 26.2. The molecule has 21 heavy (non-hydrogen) atoms. The quantitative estimate of drug-likeness (QED) is 0.584. The molecule has 0 amide bonds. The maximum atomic E-state index is 11.7. The fourth-order valence-corrected chi connectivity index (χ4v) is 3.27. The maximum Gasteiger partial charge on any atom is 0.309 e. The highest BCUT2D eigenvalue weighted by Crippen LogP contribution is 2.43. The summed E-state index contributed by atoms with van der Waals surface area (Å²) in [5.41, 5.74) is -0.513. The Hall–Kier alpha value is -0.570. The molecule has 1 rings (SSSR count). The summed E-state index contributed by atoms with van der Waals surface area (Å²) in [6.07, 6.45) is 9.37. The summed E-state index contributed by atoms with van der Waals surface area (Å²) in [6, 6.07) is 0. The molecular formula is C18H34O3. The van der Waals surface area contributed by atoms with E-state index in [1.54, 1.807) is 0 Å². The van der Waals surface area contributed by atoms with Gasteiger partial charge >= 0.3 is 5.97 Å². The van der Waals surface area contributed by atoms with E-state index >= 15 is 0 Å². The molecule has 1 N–H and O–H groups in total. The Morgan fingerprint density at radius 2 is 1.95 bits per heavy atom. The first-order valence-electron chi connectivity index (χ1n) is 8.81. The van der Waals surface area contributed by atoms with Crippen molar-refractivity contribution in [3.05, 3.63) is 0 Å². The van der Waals surface area contributed by atoms with Crippen LogP contribution in [0.2, 0.25) is 0 Å². The number of ether oxygens (including phenoxy) is 1. The van der Waals surface area contributed by atoms with Crippen LogP contribution in [-0.4, -0.2) is 24.3 Å². The second-order valence-corrected chi connectivity index (χ2v) is 7.22. The van der Waals surface area contributed by atoms with Crippen LogP contribution in [0.4, 0.5) is 0 Å². The van der Waals surface area contributed by atoms with Gasteiger partial charge in [0.1, 0.15) is 0 Å². The van der Waals surface area contributed by atoms with Crippen LogP contribution in [-0.2, 0) is 9.53 Å². The van der Waals surface area contributed by atoms with Crippen molar-refractivity contribution in [3.8, 4) is 0 Å². The van der Waals surface area contributed by atoms with E-state index in [1.165, 1.54) is 19.3 Å². The van der Waals surface area contributed by atoms with Crippen molar-refractivity contribution >= 4 is 5.97 Å². The second-order valence-electron chi connectivity index (χ2n) is 7.22. The van der Waals surface area contributed by atoms with Crippen LogP contribution in [0.3, 0.4) is 0 Å². The molecule has 0 atom stereocenters. The predicted molar refractivity (Wildman–Crippen MR) is 86.4 cm³/mol. The molecule has 1 saturated carbocycles. The number of rotatable bonds is 10. The van der Waals surface area contributed by atoms with Gasteiger partial charge in [-0.05, 0) is 50.4 Å². The zero-order valence-corrected chi connectivity index (χ0v) is 14.2. The lowest BCUT2D eigenvalue weighted by molar-refractivity contribution is -0.153. The first kappa shape index (κ1) is 18.5. The van der Waals surface area contributed by atoms with Gasteiger partial charge in [0.25, 0.3) is 0 Å². The van der Waals surface area contributed by atoms with Gasteiger partial charge in [-0.25, -0.2) is 0 Å². The van der Waals surface area contributed by atoms with Crippen molar-refractivity contribution in [1.29, 1.82) is 0 Å². The van der Waals surface area contributed by atoms with E-state index < -0.39 is 11.4 Å². The first-order chi connectivity index (χ1) is 10.00. The number of hydrogen-bond donors (Lipinski definition) is 1. The monoisotopic (exact) mass is 298 g/mol. The van der Waals surface area contributed by atoms with Crippen LogP contribution in [0.25, 0.3) is 0 Å². The number of aliphatic carboxylic acids is 1. The molecule has 1 aliphatic carbocycles. The van der Waals surface area contributed by atoms with E-state index in [-0.39, 0.29) is 0 Å². The first-order valence-corrected chi connectivity index (χ1v) is 8.81. The molecule has 1 aliphatic rings. The maximum absolute atomic E-state index is 11.7. The molecule has 0 aromatic rings. The van der Waals surface area contributed by atoms with Crippen molar-refractivity contribution in [2.45, 2.75) is 78.6 Å². The third-order valence-electron chi connectivity index (χ3n) is 5.05. The number of hydrogen-bond acceptors (Lipinski definition) is 2. The fraction of sp³-hybridized carbons (Fsp3) is 0.944. The molecule has 0 aromatic carbocycles. The average Bonchev–Trinajstić information content (AvgIpc) is 2.45. The third-order valence-corrected chi connectivity index (χ3v) is 5.05. The molecule has 0 unspecified atom stereocenters. The Labute approximate surface area is 130 Å². The summed E-state index contributed by atoms with van der Waals surface area (Å²) >= 11 is 0. The molecular weight excluding hydrogens is 264 g/mol. The molecule has 1 fully saturated rings. The lowest BCUT2D eigenvalue weighted by Crippen LogP contribution is -2.36. The van der Waals surface area contributed by atoms with Crippen LogP contribution < -0.4 is 0 Å². The molecule has 0 aliphatic heterocycles. The molecule has 0 saturated heterocycles. The molecule has 0 aromatic heterocycles. The minimum Gasteiger partial charge on any atom is -0.481 e. The van der Waals surface area contributed by atoms with E-state index in [0.29, 0.717) is 18.9 Å². The van der Waals surface area contributed by atoms with Gasteiger partial charge in [0.2, 0.25) is 0 Å². The van der Waals surface area contributed by atoms with Gasteiger partial charge in [-0.3, -0.25) is 4.79 Å². The minimum atomic E-state index is -0.607. The molecule has 0 radical (unpaired) electrons. The van der Waals surface area contributed by atoms with E-state index in [0.717, 1.165) is 44.6 Å². The molecule has 0 bridgehead atoms. The third kappa shape index (κ3) is 6.37. The summed E-state index contributed by atoms with van der Waals surface area (Å²) in [5, 5.41) is 9.64. The molecule has 0 heterocycles. The summed E-state index contributed by atoms with van der Waals surface area (Å²) in [6.45, 7) is 7.93. The van der Waals surface area contributed by atoms with Gasteiger partial charge in [0.15, 0.2) is 0 Å². The van der Waals surface area contributed by atoms with Gasteiger partial charge in [0, 0.05) is 13.2 Å². The summed E-state index contributed by atoms with van der Waals surface area (Å²) < 4.78 is 5.65. The summed E-state index contributed by atoms with van der Waals surface area (Å²) in [7, 11) is 0. The van der Waals surface area contributed by atoms with E-state index in [1.807, 2.05) is 0 Å². The predicted octanol–water partition coefficient (Wildman–Crippen LogP) is 4.89. The zero-order chi connectivity index (χ0) is 15.7. The smallest absolute Gasteiger partial charge is 0.309 e. The average molecular weight is 298 g/mol. The van der Waals surface area contributed by atoms with Gasteiger partial charge in [-0.2, -0.15) is 0 Å². The highest BCUT2D eigenvalue weighted by atomic mass is 16.5. The minimum absolute atomic E-state index is 0.513. The Balaban J connectivity index is 2.34. The number of carboxylic acids is 1. The van der Waals surface area contributed by atoms with Crippen molar-refractivity contribution in [2.75, 3.05) is 13.2 Å². The Morgan fingerprint density at radius 1 is 1.29 bits per heavy atom. The molecule has 3 heteroatoms. The van der Waals surface area contributed by atoms with Gasteiger partial charge in [-0.15, -0.1) is 0 Å². The fourth-order valence-electron chi connectivity index (χ4n) is 3.27. The highest BCUT2D eigenvalue weighted by Gasteiger charge is 2.41. The van der Waals surface area contributed by atoms with E-state index in [9.17, 15) is 9.90 Å². The SMILES string of the molecule is CCCCC1CCC(CCOCCC(C)C)(C(=O)O)CC1. The van der Waals surface area contributed by atoms with E-state index in [4.69, 9.17) is 4.74 Å². The van der Waals surface area contributed by atoms with Crippen LogP contribution in [0.1, 0.15) is 78.6 Å². The van der Waals surface area contributed by atoms with Crippen LogP contribution in [0.5, 0.6) is 0 Å². The van der Waals surface area contributed by atoms with Gasteiger partial charge < -0.3 is 9.84 Å². The lowest BCUT2D eigenvalue weighted by atomic mass is 9.68. The molecule has 3 nitrogen and oxygen atoms in total. The zero-order valence-electron chi connectivity index (χ0n) is 14.2. The van der Waals surface area contributed by atoms with Crippen molar-refractivity contribution in [3.63, 3.8) is 0 Å². The molecule has 124 valence electrons. The van der Waals surface area contributed by atoms with Gasteiger partial charge in [-0.1, -0.05) is 40.0 Å². The Bertz CT molecular complexity index is 291. The lowest BCUT2D eigenvalue weighted by Gasteiger charge is -2.37. The van der Waals surface area contributed by atoms with Crippen molar-refractivity contribution in [2.24, 2.45) is 17.3 Å². The van der Waals surface area contributed by atoms with Crippen molar-refractivity contribution in [1.82, 2.24) is 0 Å². The van der Waals surface area contributed by atoms with Crippen molar-refractivity contribution < 1.29 is 14.6 Å². The standard InChI is InChI=1S/C18H34O3/c1-4-5-6-16-7-10-18(11-8-16,17(19)20)12-14-21-13-9-15(2)3/h15-16H,4-14H2,1-3H3,(H,19,20).